The molecule has 0 aromatic rings. The summed E-state index contributed by atoms with van der Waals surface area (Å²) < 4.78 is 23.1. The molecule has 252 valence electrons. The van der Waals surface area contributed by atoms with Gasteiger partial charge in [0.25, 0.3) is 0 Å². The molecule has 3 atom stereocenters. The van der Waals surface area contributed by atoms with Gasteiger partial charge in [-0.2, -0.15) is 0 Å². The number of aliphatic hydroxyl groups is 1. The third-order valence-corrected chi connectivity index (χ3v) is 8.07. The molecule has 8 nitrogen and oxygen atoms in total. The van der Waals surface area contributed by atoms with Gasteiger partial charge in [-0.1, -0.05) is 108 Å². The molecular formula is C34H66N2O6P+. The van der Waals surface area contributed by atoms with Crippen LogP contribution in [-0.2, 0) is 18.4 Å². The largest absolute Gasteiger partial charge is 0.472 e. The van der Waals surface area contributed by atoms with Crippen molar-refractivity contribution in [2.45, 2.75) is 135 Å². The first-order valence-electron chi connectivity index (χ1n) is 16.9. The Morgan fingerprint density at radius 3 is 1.86 bits per heavy atom. The molecule has 0 radical (unpaired) electrons. The van der Waals surface area contributed by atoms with E-state index in [0.29, 0.717) is 17.4 Å². The summed E-state index contributed by atoms with van der Waals surface area (Å²) in [6.45, 7) is 4.56. The van der Waals surface area contributed by atoms with Gasteiger partial charge in [0.15, 0.2) is 0 Å². The topological polar surface area (TPSA) is 105 Å². The Hall–Kier alpha value is -1.28. The van der Waals surface area contributed by atoms with Crippen molar-refractivity contribution in [2.24, 2.45) is 0 Å². The summed E-state index contributed by atoms with van der Waals surface area (Å²) in [7, 11) is 1.53. The van der Waals surface area contributed by atoms with Crippen LogP contribution in [0.15, 0.2) is 36.5 Å². The molecule has 0 heterocycles. The van der Waals surface area contributed by atoms with Gasteiger partial charge >= 0.3 is 7.82 Å². The molecule has 0 aliphatic carbocycles. The number of rotatable bonds is 29. The lowest BCUT2D eigenvalue weighted by Gasteiger charge is -2.25. The Morgan fingerprint density at radius 1 is 0.767 bits per heavy atom. The molecule has 0 aromatic carbocycles. The summed E-state index contributed by atoms with van der Waals surface area (Å²) in [5.74, 6) is -0.219. The zero-order valence-corrected chi connectivity index (χ0v) is 29.1. The molecule has 3 unspecified atom stereocenters. The van der Waals surface area contributed by atoms with Crippen LogP contribution in [0.25, 0.3) is 0 Å². The quantitative estimate of drug-likeness (QED) is 0.0335. The number of nitrogens with zero attached hydrogens (tertiary/aromatic N) is 1. The minimum absolute atomic E-state index is 0.0525. The molecule has 0 fully saturated rings. The molecule has 0 aliphatic heterocycles. The van der Waals surface area contributed by atoms with Crippen molar-refractivity contribution in [3.05, 3.63) is 36.5 Å². The maximum atomic E-state index is 12.4. The van der Waals surface area contributed by atoms with E-state index < -0.39 is 20.0 Å². The highest BCUT2D eigenvalue weighted by Gasteiger charge is 2.27. The maximum Gasteiger partial charge on any atom is 0.472 e. The number of amides is 1. The minimum atomic E-state index is -4.32. The molecule has 0 saturated heterocycles. The standard InChI is InChI=1S/C34H65N2O6P/c1-6-8-10-11-12-13-14-15-16-17-18-19-20-21-22-23-24-26-27-33(37)32(35-34(38)28-25-9-7-2)31-42-43(39,40)41-30-29-36(3,4)5/h17-18,21-22,26-27,32-33,37H,6-16,19-20,23-25,28-31H2,1-5H3,(H-,35,38,39,40)/p+1/b18-17+,22-21+,27-26+. The lowest BCUT2D eigenvalue weighted by molar-refractivity contribution is -0.870. The van der Waals surface area contributed by atoms with Gasteiger partial charge in [-0.05, 0) is 44.9 Å². The number of carbonyl (C=O) groups excluding carboxylic acids is 1. The number of aliphatic hydroxyl groups excluding tert-OH is 1. The van der Waals surface area contributed by atoms with E-state index >= 15 is 0 Å². The highest BCUT2D eigenvalue weighted by molar-refractivity contribution is 7.47. The van der Waals surface area contributed by atoms with Gasteiger partial charge in [0.2, 0.25) is 5.91 Å². The zero-order chi connectivity index (χ0) is 32.2. The van der Waals surface area contributed by atoms with Crippen molar-refractivity contribution >= 4 is 13.7 Å². The lowest BCUT2D eigenvalue weighted by atomic mass is 10.1. The first-order valence-corrected chi connectivity index (χ1v) is 18.4. The summed E-state index contributed by atoms with van der Waals surface area (Å²) in [4.78, 5) is 22.5. The number of hydrogen-bond acceptors (Lipinski definition) is 5. The first-order chi connectivity index (χ1) is 20.5. The molecule has 0 aliphatic rings. The van der Waals surface area contributed by atoms with Crippen LogP contribution < -0.4 is 5.32 Å². The molecule has 1 amide bonds. The third-order valence-electron chi connectivity index (χ3n) is 7.09. The number of unbranched alkanes of at least 4 members (excludes halogenated alkanes) is 12. The van der Waals surface area contributed by atoms with Crippen LogP contribution in [0.1, 0.15) is 123 Å². The van der Waals surface area contributed by atoms with Crippen LogP contribution in [0.5, 0.6) is 0 Å². The molecule has 0 rings (SSSR count). The second-order valence-electron chi connectivity index (χ2n) is 12.5. The smallest absolute Gasteiger partial charge is 0.387 e. The second kappa shape index (κ2) is 27.1. The van der Waals surface area contributed by atoms with E-state index in [4.69, 9.17) is 9.05 Å². The van der Waals surface area contributed by atoms with Crippen LogP contribution in [0.4, 0.5) is 0 Å². The SMILES string of the molecule is CCCCCCCCCC/C=C/CC/C=C/CC/C=C/C(O)C(COP(=O)(O)OCC[N+](C)(C)C)NC(=O)CCCCC. The van der Waals surface area contributed by atoms with Crippen molar-refractivity contribution in [1.29, 1.82) is 0 Å². The van der Waals surface area contributed by atoms with E-state index in [2.05, 4.69) is 43.5 Å². The van der Waals surface area contributed by atoms with Crippen LogP contribution in [0, 0.1) is 0 Å². The number of quaternary nitrogens is 1. The number of phosphoric ester groups is 1. The van der Waals surface area contributed by atoms with Gasteiger partial charge in [0, 0.05) is 6.42 Å². The molecule has 9 heteroatoms. The Kier molecular flexibility index (Phi) is 26.3. The predicted octanol–water partition coefficient (Wildman–Crippen LogP) is 8.01. The molecule has 43 heavy (non-hydrogen) atoms. The van der Waals surface area contributed by atoms with E-state index in [9.17, 15) is 19.4 Å². The highest BCUT2D eigenvalue weighted by atomic mass is 31.2. The Morgan fingerprint density at radius 2 is 1.28 bits per heavy atom. The van der Waals surface area contributed by atoms with E-state index in [0.717, 1.165) is 44.9 Å². The molecule has 0 bridgehead atoms. The summed E-state index contributed by atoms with van der Waals surface area (Å²) in [5.41, 5.74) is 0. The van der Waals surface area contributed by atoms with Crippen molar-refractivity contribution in [2.75, 3.05) is 40.9 Å². The first kappa shape index (κ1) is 41.7. The van der Waals surface area contributed by atoms with Crippen molar-refractivity contribution < 1.29 is 32.9 Å². The number of phosphoric acid groups is 1. The van der Waals surface area contributed by atoms with Gasteiger partial charge in [0.05, 0.1) is 39.9 Å². The number of carbonyl (C=O) groups is 1. The van der Waals surface area contributed by atoms with Crippen LogP contribution in [-0.4, -0.2) is 73.4 Å². The van der Waals surface area contributed by atoms with Crippen LogP contribution >= 0.6 is 7.82 Å². The summed E-state index contributed by atoms with van der Waals surface area (Å²) in [6, 6.07) is -0.860. The highest BCUT2D eigenvalue weighted by Crippen LogP contribution is 2.43. The van der Waals surface area contributed by atoms with Gasteiger partial charge < -0.3 is 19.8 Å². The predicted molar refractivity (Wildman–Crippen MR) is 180 cm³/mol. The minimum Gasteiger partial charge on any atom is -0.387 e. The molecule has 0 aromatic heterocycles. The number of nitrogens with one attached hydrogen (secondary N) is 1. The van der Waals surface area contributed by atoms with Gasteiger partial charge in [0.1, 0.15) is 13.2 Å². The molecule has 3 N–H and O–H groups in total. The fourth-order valence-corrected chi connectivity index (χ4v) is 5.04. The lowest BCUT2D eigenvalue weighted by Crippen LogP contribution is -2.45. The van der Waals surface area contributed by atoms with Crippen LogP contribution in [0.2, 0.25) is 0 Å². The van der Waals surface area contributed by atoms with E-state index in [1.54, 1.807) is 6.08 Å². The summed E-state index contributed by atoms with van der Waals surface area (Å²) in [5, 5.41) is 13.5. The molecular weight excluding hydrogens is 563 g/mol. The fraction of sp³-hybridized carbons (Fsp3) is 0.794. The number of allylic oxidation sites excluding steroid dienone is 5. The van der Waals surface area contributed by atoms with Crippen molar-refractivity contribution in [3.63, 3.8) is 0 Å². The fourth-order valence-electron chi connectivity index (χ4n) is 4.30. The van der Waals surface area contributed by atoms with Gasteiger partial charge in [-0.15, -0.1) is 0 Å². The number of hydrogen-bond donors (Lipinski definition) is 3. The Bertz CT molecular complexity index is 809. The summed E-state index contributed by atoms with van der Waals surface area (Å²) in [6.07, 6.45) is 30.0. The average Bonchev–Trinajstić information content (AvgIpc) is 2.93. The van der Waals surface area contributed by atoms with E-state index in [-0.39, 0.29) is 19.1 Å². The van der Waals surface area contributed by atoms with Gasteiger partial charge in [-0.25, -0.2) is 4.57 Å². The average molecular weight is 630 g/mol. The normalized spacial score (nSPS) is 15.4. The second-order valence-corrected chi connectivity index (χ2v) is 14.0. The zero-order valence-electron chi connectivity index (χ0n) is 28.2. The maximum absolute atomic E-state index is 12.4. The van der Waals surface area contributed by atoms with E-state index in [1.807, 2.05) is 27.2 Å². The Balaban J connectivity index is 4.42. The van der Waals surface area contributed by atoms with Crippen molar-refractivity contribution in [3.8, 4) is 0 Å². The monoisotopic (exact) mass is 629 g/mol. The van der Waals surface area contributed by atoms with Gasteiger partial charge in [-0.3, -0.25) is 13.8 Å². The number of likely N-dealkylation sites (N-methyl/N-ethyl adjacent to an activating group) is 1. The molecule has 0 saturated carbocycles. The summed E-state index contributed by atoms with van der Waals surface area (Å²) >= 11 is 0. The molecule has 0 spiro atoms. The van der Waals surface area contributed by atoms with Crippen LogP contribution in [0.3, 0.4) is 0 Å². The van der Waals surface area contributed by atoms with E-state index in [1.165, 1.54) is 57.8 Å². The Labute approximate surface area is 264 Å². The third kappa shape index (κ3) is 29.2. The van der Waals surface area contributed by atoms with Crippen molar-refractivity contribution in [1.82, 2.24) is 5.32 Å².